The Labute approximate surface area is 141 Å². The van der Waals surface area contributed by atoms with E-state index in [9.17, 15) is 4.39 Å². The minimum Gasteiger partial charge on any atom is -0.308 e. The molecule has 7 heteroatoms. The number of thiophene rings is 1. The smallest absolute Gasteiger partial charge is 0.183 e. The molecule has 0 amide bonds. The van der Waals surface area contributed by atoms with E-state index in [-0.39, 0.29) is 5.82 Å². The average molecular weight is 339 g/mol. The van der Waals surface area contributed by atoms with Crippen molar-refractivity contribution < 1.29 is 4.39 Å². The molecule has 0 aliphatic rings. The van der Waals surface area contributed by atoms with Gasteiger partial charge in [-0.25, -0.2) is 4.39 Å². The van der Waals surface area contributed by atoms with Gasteiger partial charge < -0.3 is 5.32 Å². The second-order valence-corrected chi connectivity index (χ2v) is 6.42. The highest BCUT2D eigenvalue weighted by atomic mass is 32.1. The van der Waals surface area contributed by atoms with Crippen molar-refractivity contribution in [2.24, 2.45) is 0 Å². The standard InChI is InChI=1S/C17H14FN5S/c18-15-5-3-12(4-6-15)14-8-13(17-20-21-22-23(17)11-14)9-19-10-16-2-1-7-24-16/h1-8,11,19H,9-10H2. The number of aromatic nitrogens is 4. The number of hydrogen-bond acceptors (Lipinski definition) is 5. The highest BCUT2D eigenvalue weighted by Crippen LogP contribution is 2.22. The van der Waals surface area contributed by atoms with E-state index in [1.54, 1.807) is 28.0 Å². The van der Waals surface area contributed by atoms with Gasteiger partial charge in [0, 0.05) is 35.3 Å². The first-order valence-corrected chi connectivity index (χ1v) is 8.37. The first kappa shape index (κ1) is 14.9. The van der Waals surface area contributed by atoms with Crippen molar-refractivity contribution in [3.63, 3.8) is 0 Å². The maximum absolute atomic E-state index is 13.1. The second-order valence-electron chi connectivity index (χ2n) is 5.39. The SMILES string of the molecule is Fc1ccc(-c2cc(CNCc3cccs3)c3nnnn3c2)cc1. The topological polar surface area (TPSA) is 55.1 Å². The van der Waals surface area contributed by atoms with Crippen LogP contribution in [0, 0.1) is 5.82 Å². The lowest BCUT2D eigenvalue weighted by atomic mass is 10.1. The highest BCUT2D eigenvalue weighted by molar-refractivity contribution is 7.09. The number of fused-ring (bicyclic) bond motifs is 1. The Morgan fingerprint density at radius 3 is 2.75 bits per heavy atom. The van der Waals surface area contributed by atoms with E-state index < -0.39 is 0 Å². The van der Waals surface area contributed by atoms with Gasteiger partial charge in [-0.05, 0) is 45.6 Å². The van der Waals surface area contributed by atoms with Gasteiger partial charge in [0.25, 0.3) is 0 Å². The van der Waals surface area contributed by atoms with Crippen LogP contribution in [0.25, 0.3) is 16.8 Å². The van der Waals surface area contributed by atoms with Gasteiger partial charge in [0.1, 0.15) is 5.82 Å². The molecular formula is C17H14FN5S. The molecule has 4 rings (SSSR count). The highest BCUT2D eigenvalue weighted by Gasteiger charge is 2.09. The van der Waals surface area contributed by atoms with Crippen molar-refractivity contribution in [2.45, 2.75) is 13.1 Å². The summed E-state index contributed by atoms with van der Waals surface area (Å²) in [7, 11) is 0. The summed E-state index contributed by atoms with van der Waals surface area (Å²) in [6.07, 6.45) is 1.85. The van der Waals surface area contributed by atoms with Crippen molar-refractivity contribution in [1.29, 1.82) is 0 Å². The Morgan fingerprint density at radius 2 is 1.96 bits per heavy atom. The first-order valence-electron chi connectivity index (χ1n) is 7.49. The van der Waals surface area contributed by atoms with Crippen LogP contribution in [0.4, 0.5) is 4.39 Å². The van der Waals surface area contributed by atoms with Crippen molar-refractivity contribution >= 4 is 17.0 Å². The van der Waals surface area contributed by atoms with Crippen LogP contribution >= 0.6 is 11.3 Å². The molecule has 0 saturated heterocycles. The van der Waals surface area contributed by atoms with Crippen molar-refractivity contribution in [3.8, 4) is 11.1 Å². The van der Waals surface area contributed by atoms with E-state index in [1.165, 1.54) is 17.0 Å². The third kappa shape index (κ3) is 3.04. The lowest BCUT2D eigenvalue weighted by Gasteiger charge is -2.08. The number of hydrogen-bond donors (Lipinski definition) is 1. The van der Waals surface area contributed by atoms with E-state index >= 15 is 0 Å². The molecule has 0 bridgehead atoms. The molecule has 1 aromatic carbocycles. The van der Waals surface area contributed by atoms with Crippen LogP contribution in [-0.4, -0.2) is 20.0 Å². The third-order valence-electron chi connectivity index (χ3n) is 3.74. The summed E-state index contributed by atoms with van der Waals surface area (Å²) in [5.74, 6) is -0.250. The van der Waals surface area contributed by atoms with Crippen LogP contribution in [0.2, 0.25) is 0 Å². The quantitative estimate of drug-likeness (QED) is 0.606. The number of halogens is 1. The summed E-state index contributed by atoms with van der Waals surface area (Å²) in [6.45, 7) is 1.45. The molecule has 0 atom stereocenters. The monoisotopic (exact) mass is 339 g/mol. The lowest BCUT2D eigenvalue weighted by molar-refractivity contribution is 0.628. The van der Waals surface area contributed by atoms with E-state index in [2.05, 4.69) is 32.3 Å². The summed E-state index contributed by atoms with van der Waals surface area (Å²) < 4.78 is 14.8. The van der Waals surface area contributed by atoms with Crippen LogP contribution in [0.15, 0.2) is 54.0 Å². The van der Waals surface area contributed by atoms with Gasteiger partial charge in [0.15, 0.2) is 5.65 Å². The predicted molar refractivity (Wildman–Crippen MR) is 91.0 cm³/mol. The average Bonchev–Trinajstić information content (AvgIpc) is 3.26. The summed E-state index contributed by atoms with van der Waals surface area (Å²) in [5.41, 5.74) is 3.59. The predicted octanol–water partition coefficient (Wildman–Crippen LogP) is 3.28. The third-order valence-corrected chi connectivity index (χ3v) is 4.62. The maximum Gasteiger partial charge on any atom is 0.183 e. The largest absolute Gasteiger partial charge is 0.308 e. The minimum absolute atomic E-state index is 0.250. The minimum atomic E-state index is -0.250. The molecule has 24 heavy (non-hydrogen) atoms. The molecule has 0 aliphatic carbocycles. The fraction of sp³-hybridized carbons (Fsp3) is 0.118. The van der Waals surface area contributed by atoms with E-state index in [0.29, 0.717) is 6.54 Å². The van der Waals surface area contributed by atoms with Crippen molar-refractivity contribution in [3.05, 3.63) is 70.3 Å². The Morgan fingerprint density at radius 1 is 1.08 bits per heavy atom. The molecule has 5 nitrogen and oxygen atoms in total. The fourth-order valence-electron chi connectivity index (χ4n) is 2.58. The summed E-state index contributed by atoms with van der Waals surface area (Å²) in [5, 5.41) is 17.3. The zero-order chi connectivity index (χ0) is 16.4. The van der Waals surface area contributed by atoms with Gasteiger partial charge in [-0.15, -0.1) is 16.4 Å². The maximum atomic E-state index is 13.1. The molecule has 3 aromatic heterocycles. The molecule has 3 heterocycles. The summed E-state index contributed by atoms with van der Waals surface area (Å²) in [4.78, 5) is 1.28. The normalized spacial score (nSPS) is 11.2. The Balaban J connectivity index is 1.63. The zero-order valence-corrected chi connectivity index (χ0v) is 13.5. The lowest BCUT2D eigenvalue weighted by Crippen LogP contribution is -2.13. The van der Waals surface area contributed by atoms with Crippen LogP contribution in [0.3, 0.4) is 0 Å². The number of nitrogens with zero attached hydrogens (tertiary/aromatic N) is 4. The van der Waals surface area contributed by atoms with Gasteiger partial charge in [-0.2, -0.15) is 4.52 Å². The number of tetrazole rings is 1. The summed E-state index contributed by atoms with van der Waals surface area (Å²) >= 11 is 1.72. The molecule has 0 fully saturated rings. The Kier molecular flexibility index (Phi) is 4.02. The van der Waals surface area contributed by atoms with Crippen LogP contribution in [0.5, 0.6) is 0 Å². The first-order chi connectivity index (χ1) is 11.8. The van der Waals surface area contributed by atoms with Crippen molar-refractivity contribution in [1.82, 2.24) is 25.4 Å². The van der Waals surface area contributed by atoms with E-state index in [4.69, 9.17) is 0 Å². The zero-order valence-electron chi connectivity index (χ0n) is 12.7. The van der Waals surface area contributed by atoms with Gasteiger partial charge in [-0.1, -0.05) is 18.2 Å². The molecule has 120 valence electrons. The number of nitrogens with one attached hydrogen (secondary N) is 1. The van der Waals surface area contributed by atoms with Crippen LogP contribution in [0.1, 0.15) is 10.4 Å². The van der Waals surface area contributed by atoms with Gasteiger partial charge in [0.05, 0.1) is 0 Å². The number of pyridine rings is 1. The molecule has 0 saturated carbocycles. The molecule has 1 N–H and O–H groups in total. The molecular weight excluding hydrogens is 325 g/mol. The summed E-state index contributed by atoms with van der Waals surface area (Å²) in [6, 6.07) is 12.6. The fourth-order valence-corrected chi connectivity index (χ4v) is 3.25. The molecule has 0 aliphatic heterocycles. The van der Waals surface area contributed by atoms with E-state index in [0.717, 1.165) is 28.9 Å². The van der Waals surface area contributed by atoms with Gasteiger partial charge in [0.2, 0.25) is 0 Å². The number of benzene rings is 1. The Hall–Kier alpha value is -2.64. The second kappa shape index (κ2) is 6.46. The number of rotatable bonds is 5. The van der Waals surface area contributed by atoms with Gasteiger partial charge in [-0.3, -0.25) is 0 Å². The Bertz CT molecular complexity index is 947. The molecule has 0 spiro atoms. The molecule has 0 radical (unpaired) electrons. The van der Waals surface area contributed by atoms with Crippen molar-refractivity contribution in [2.75, 3.05) is 0 Å². The van der Waals surface area contributed by atoms with Gasteiger partial charge >= 0.3 is 0 Å². The van der Waals surface area contributed by atoms with Crippen LogP contribution in [-0.2, 0) is 13.1 Å². The van der Waals surface area contributed by atoms with Crippen LogP contribution < -0.4 is 5.32 Å². The van der Waals surface area contributed by atoms with E-state index in [1.807, 2.05) is 18.3 Å². The molecule has 0 unspecified atom stereocenters. The molecule has 4 aromatic rings.